The van der Waals surface area contributed by atoms with Gasteiger partial charge >= 0.3 is 0 Å². The molecule has 5 heteroatoms. The highest BCUT2D eigenvalue weighted by Gasteiger charge is 2.18. The van der Waals surface area contributed by atoms with Crippen LogP contribution in [-0.2, 0) is 17.2 Å². The number of halogens is 2. The Balaban J connectivity index is 1.97. The minimum absolute atomic E-state index is 0.234. The third kappa shape index (κ3) is 2.60. The first-order valence-corrected chi connectivity index (χ1v) is 7.10. The lowest BCUT2D eigenvalue weighted by atomic mass is 10.0. The summed E-state index contributed by atoms with van der Waals surface area (Å²) in [5.41, 5.74) is 1.64. The van der Waals surface area contributed by atoms with Crippen molar-refractivity contribution in [1.29, 1.82) is 0 Å². The number of rotatable bonds is 3. The Bertz CT molecular complexity index is 578. The Labute approximate surface area is 116 Å². The van der Waals surface area contributed by atoms with E-state index in [1.165, 1.54) is 12.1 Å². The number of hydrogen-bond donors (Lipinski definition) is 0. The Morgan fingerprint density at radius 3 is 2.89 bits per heavy atom. The van der Waals surface area contributed by atoms with Crippen LogP contribution in [0.25, 0.3) is 11.0 Å². The maximum absolute atomic E-state index is 13.4. The number of nitrogens with zero attached hydrogens (tertiary/aromatic N) is 2. The zero-order valence-electron chi connectivity index (χ0n) is 10.6. The molecule has 1 saturated heterocycles. The SMILES string of the molecule is Fc1ccc2nc(CCl)n(CC3CCOCC3)c2c1. The quantitative estimate of drug-likeness (QED) is 0.808. The molecule has 0 saturated carbocycles. The largest absolute Gasteiger partial charge is 0.381 e. The van der Waals surface area contributed by atoms with E-state index in [2.05, 4.69) is 9.55 Å². The highest BCUT2D eigenvalue weighted by molar-refractivity contribution is 6.16. The van der Waals surface area contributed by atoms with Gasteiger partial charge < -0.3 is 9.30 Å². The second-order valence-electron chi connectivity index (χ2n) is 4.96. The summed E-state index contributed by atoms with van der Waals surface area (Å²) >= 11 is 5.96. The molecule has 19 heavy (non-hydrogen) atoms. The van der Waals surface area contributed by atoms with Crippen molar-refractivity contribution in [2.75, 3.05) is 13.2 Å². The molecule has 3 nitrogen and oxygen atoms in total. The van der Waals surface area contributed by atoms with Crippen LogP contribution in [0.15, 0.2) is 18.2 Å². The van der Waals surface area contributed by atoms with Gasteiger partial charge in [-0.25, -0.2) is 9.37 Å². The van der Waals surface area contributed by atoms with Crippen LogP contribution in [0.1, 0.15) is 18.7 Å². The smallest absolute Gasteiger partial charge is 0.125 e. The van der Waals surface area contributed by atoms with E-state index in [9.17, 15) is 4.39 Å². The molecule has 0 aliphatic carbocycles. The maximum Gasteiger partial charge on any atom is 0.125 e. The first-order chi connectivity index (χ1) is 9.28. The molecule has 1 aliphatic heterocycles. The van der Waals surface area contributed by atoms with E-state index in [4.69, 9.17) is 16.3 Å². The molecule has 2 aromatic rings. The van der Waals surface area contributed by atoms with Crippen molar-refractivity contribution in [1.82, 2.24) is 9.55 Å². The van der Waals surface area contributed by atoms with Crippen LogP contribution in [0.2, 0.25) is 0 Å². The molecule has 3 rings (SSSR count). The molecule has 1 aromatic carbocycles. The van der Waals surface area contributed by atoms with Crippen molar-refractivity contribution < 1.29 is 9.13 Å². The van der Waals surface area contributed by atoms with E-state index in [1.807, 2.05) is 0 Å². The number of alkyl halides is 1. The van der Waals surface area contributed by atoms with Crippen molar-refractivity contribution in [3.05, 3.63) is 29.8 Å². The van der Waals surface area contributed by atoms with Crippen LogP contribution in [0.3, 0.4) is 0 Å². The Kier molecular flexibility index (Phi) is 3.71. The Morgan fingerprint density at radius 1 is 1.37 bits per heavy atom. The van der Waals surface area contributed by atoms with Crippen molar-refractivity contribution in [2.45, 2.75) is 25.3 Å². The maximum atomic E-state index is 13.4. The molecule has 0 N–H and O–H groups in total. The fraction of sp³-hybridized carbons (Fsp3) is 0.500. The highest BCUT2D eigenvalue weighted by Crippen LogP contribution is 2.24. The average molecular weight is 283 g/mol. The molecule has 0 amide bonds. The summed E-state index contributed by atoms with van der Waals surface area (Å²) in [5.74, 6) is 1.48. The van der Waals surface area contributed by atoms with Crippen LogP contribution in [-0.4, -0.2) is 22.8 Å². The fourth-order valence-corrected chi connectivity index (χ4v) is 2.84. The fourth-order valence-electron chi connectivity index (χ4n) is 2.64. The van der Waals surface area contributed by atoms with E-state index in [-0.39, 0.29) is 5.82 Å². The van der Waals surface area contributed by atoms with Gasteiger partial charge in [0.15, 0.2) is 0 Å². The molecule has 1 aliphatic rings. The van der Waals surface area contributed by atoms with Gasteiger partial charge in [-0.1, -0.05) is 0 Å². The summed E-state index contributed by atoms with van der Waals surface area (Å²) < 4.78 is 20.8. The van der Waals surface area contributed by atoms with Gasteiger partial charge in [-0.2, -0.15) is 0 Å². The molecule has 0 radical (unpaired) electrons. The predicted octanol–water partition coefficient (Wildman–Crippen LogP) is 3.34. The number of hydrogen-bond acceptors (Lipinski definition) is 2. The number of imidazole rings is 1. The van der Waals surface area contributed by atoms with Gasteiger partial charge in [0.25, 0.3) is 0 Å². The number of ether oxygens (including phenoxy) is 1. The van der Waals surface area contributed by atoms with Gasteiger partial charge in [0.1, 0.15) is 11.6 Å². The normalized spacial score (nSPS) is 17.2. The van der Waals surface area contributed by atoms with Gasteiger partial charge in [-0.15, -0.1) is 11.6 Å². The molecule has 102 valence electrons. The Morgan fingerprint density at radius 2 is 2.16 bits per heavy atom. The van der Waals surface area contributed by atoms with Crippen LogP contribution in [0.4, 0.5) is 4.39 Å². The van der Waals surface area contributed by atoms with Crippen LogP contribution < -0.4 is 0 Å². The topological polar surface area (TPSA) is 27.1 Å². The average Bonchev–Trinajstić information content (AvgIpc) is 2.78. The van der Waals surface area contributed by atoms with E-state index < -0.39 is 0 Å². The second-order valence-corrected chi connectivity index (χ2v) is 5.23. The van der Waals surface area contributed by atoms with Gasteiger partial charge in [-0.3, -0.25) is 0 Å². The third-order valence-electron chi connectivity index (χ3n) is 3.69. The standard InChI is InChI=1S/C14H16ClFN2O/c15-8-14-17-12-2-1-11(16)7-13(12)18(14)9-10-3-5-19-6-4-10/h1-2,7,10H,3-6,8-9H2. The van der Waals surface area contributed by atoms with Crippen molar-refractivity contribution in [3.63, 3.8) is 0 Å². The molecule has 0 unspecified atom stereocenters. The summed E-state index contributed by atoms with van der Waals surface area (Å²) in [5, 5.41) is 0. The van der Waals surface area contributed by atoms with Gasteiger partial charge in [0, 0.05) is 19.8 Å². The summed E-state index contributed by atoms with van der Waals surface area (Å²) in [4.78, 5) is 4.47. The second kappa shape index (κ2) is 5.47. The lowest BCUT2D eigenvalue weighted by Crippen LogP contribution is -2.21. The molecule has 0 spiro atoms. The summed E-state index contributed by atoms with van der Waals surface area (Å²) in [6.45, 7) is 2.45. The van der Waals surface area contributed by atoms with Crippen LogP contribution in [0.5, 0.6) is 0 Å². The van der Waals surface area contributed by atoms with Crippen molar-refractivity contribution in [2.24, 2.45) is 5.92 Å². The number of benzene rings is 1. The van der Waals surface area contributed by atoms with E-state index >= 15 is 0 Å². The first kappa shape index (κ1) is 12.9. The lowest BCUT2D eigenvalue weighted by Gasteiger charge is -2.23. The van der Waals surface area contributed by atoms with Crippen molar-refractivity contribution in [3.8, 4) is 0 Å². The minimum atomic E-state index is -0.234. The zero-order chi connectivity index (χ0) is 13.2. The first-order valence-electron chi connectivity index (χ1n) is 6.56. The number of fused-ring (bicyclic) bond motifs is 1. The monoisotopic (exact) mass is 282 g/mol. The summed E-state index contributed by atoms with van der Waals surface area (Å²) in [6, 6.07) is 4.69. The van der Waals surface area contributed by atoms with Crippen molar-refractivity contribution >= 4 is 22.6 Å². The Hall–Kier alpha value is -1.13. The molecule has 0 bridgehead atoms. The summed E-state index contributed by atoms with van der Waals surface area (Å²) in [7, 11) is 0. The minimum Gasteiger partial charge on any atom is -0.381 e. The highest BCUT2D eigenvalue weighted by atomic mass is 35.5. The molecular weight excluding hydrogens is 267 g/mol. The molecule has 1 fully saturated rings. The van der Waals surface area contributed by atoms with E-state index in [1.54, 1.807) is 6.07 Å². The van der Waals surface area contributed by atoms with Gasteiger partial charge in [0.2, 0.25) is 0 Å². The zero-order valence-corrected chi connectivity index (χ0v) is 11.4. The van der Waals surface area contributed by atoms with Crippen LogP contribution >= 0.6 is 11.6 Å². The third-order valence-corrected chi connectivity index (χ3v) is 3.93. The molecule has 0 atom stereocenters. The molecule has 1 aromatic heterocycles. The predicted molar refractivity (Wildman–Crippen MR) is 72.8 cm³/mol. The van der Waals surface area contributed by atoms with Gasteiger partial charge in [-0.05, 0) is 37.0 Å². The summed E-state index contributed by atoms with van der Waals surface area (Å²) in [6.07, 6.45) is 2.08. The van der Waals surface area contributed by atoms with E-state index in [0.717, 1.165) is 49.5 Å². The lowest BCUT2D eigenvalue weighted by molar-refractivity contribution is 0.0614. The van der Waals surface area contributed by atoms with E-state index in [0.29, 0.717) is 11.8 Å². The molecular formula is C14H16ClFN2O. The number of aromatic nitrogens is 2. The van der Waals surface area contributed by atoms with Gasteiger partial charge in [0.05, 0.1) is 16.9 Å². The molecule has 2 heterocycles. The van der Waals surface area contributed by atoms with Crippen LogP contribution in [0, 0.1) is 11.7 Å².